The van der Waals surface area contributed by atoms with Crippen molar-refractivity contribution in [2.75, 3.05) is 7.11 Å². The average molecular weight is 459 g/mol. The van der Waals surface area contributed by atoms with Crippen molar-refractivity contribution in [1.82, 2.24) is 0 Å². The van der Waals surface area contributed by atoms with Crippen molar-refractivity contribution >= 4 is 23.3 Å². The maximum atomic E-state index is 14.0. The smallest absolute Gasteiger partial charge is 0.416 e. The minimum absolute atomic E-state index is 0.128. The zero-order valence-corrected chi connectivity index (χ0v) is 18.6. The monoisotopic (exact) mass is 459 g/mol. The third-order valence-electron chi connectivity index (χ3n) is 5.30. The highest BCUT2D eigenvalue weighted by Gasteiger charge is 2.47. The summed E-state index contributed by atoms with van der Waals surface area (Å²) in [5.41, 5.74) is -0.372. The summed E-state index contributed by atoms with van der Waals surface area (Å²) in [7, 11) is 1.14. The quantitative estimate of drug-likeness (QED) is 0.561. The molecule has 2 aromatic rings. The molecule has 1 aliphatic heterocycles. The van der Waals surface area contributed by atoms with Gasteiger partial charge in [0.25, 0.3) is 0 Å². The number of hydrogen-bond donors (Lipinski definition) is 0. The van der Waals surface area contributed by atoms with Crippen molar-refractivity contribution in [1.29, 1.82) is 0 Å². The Morgan fingerprint density at radius 2 is 1.61 bits per heavy atom. The largest absolute Gasteiger partial charge is 0.466 e. The van der Waals surface area contributed by atoms with Crippen molar-refractivity contribution in [3.05, 3.63) is 76.9 Å². The van der Waals surface area contributed by atoms with Gasteiger partial charge in [-0.3, -0.25) is 9.79 Å². The van der Waals surface area contributed by atoms with E-state index in [2.05, 4.69) is 4.99 Å². The van der Waals surface area contributed by atoms with Crippen LogP contribution in [-0.2, 0) is 25.2 Å². The van der Waals surface area contributed by atoms with Crippen molar-refractivity contribution in [2.24, 2.45) is 10.9 Å². The van der Waals surface area contributed by atoms with E-state index in [-0.39, 0.29) is 22.5 Å². The van der Waals surface area contributed by atoms with E-state index >= 15 is 0 Å². The summed E-state index contributed by atoms with van der Waals surface area (Å²) in [6.07, 6.45) is -5.22. The van der Waals surface area contributed by atoms with Crippen LogP contribution in [0, 0.1) is 5.92 Å². The Balaban J connectivity index is 2.38. The molecule has 1 aliphatic rings. The summed E-state index contributed by atoms with van der Waals surface area (Å²) in [4.78, 5) is 30.6. The summed E-state index contributed by atoms with van der Waals surface area (Å²) in [6, 6.07) is 13.5. The van der Waals surface area contributed by atoms with Gasteiger partial charge in [0.05, 0.1) is 30.0 Å². The number of aliphatic imine (C=N–C) groups is 1. The highest BCUT2D eigenvalue weighted by atomic mass is 19.4. The number of methoxy groups -OCH3 is 1. The lowest BCUT2D eigenvalue weighted by Gasteiger charge is -2.33. The predicted molar refractivity (Wildman–Crippen MR) is 117 cm³/mol. The van der Waals surface area contributed by atoms with Crippen molar-refractivity contribution < 1.29 is 32.2 Å². The van der Waals surface area contributed by atoms with Gasteiger partial charge in [-0.1, -0.05) is 48.5 Å². The van der Waals surface area contributed by atoms with Crippen LogP contribution in [0.5, 0.6) is 0 Å². The lowest BCUT2D eigenvalue weighted by Crippen LogP contribution is -2.38. The Morgan fingerprint density at radius 1 is 1.00 bits per heavy atom. The second-order valence-corrected chi connectivity index (χ2v) is 7.90. The summed E-state index contributed by atoms with van der Waals surface area (Å²) in [5.74, 6) is -4.18. The Labute approximate surface area is 189 Å². The van der Waals surface area contributed by atoms with Gasteiger partial charge in [-0.05, 0) is 32.4 Å². The predicted octanol–water partition coefficient (Wildman–Crippen LogP) is 5.42. The number of alkyl halides is 3. The normalized spacial score (nSPS) is 18.7. The van der Waals surface area contributed by atoms with Crippen LogP contribution in [0.25, 0.3) is 5.70 Å². The summed E-state index contributed by atoms with van der Waals surface area (Å²) in [5, 5.41) is 0. The highest BCUT2D eigenvalue weighted by Crippen LogP contribution is 2.46. The number of carbonyl (C=O) groups excluding carboxylic acids is 2. The molecule has 2 aromatic carbocycles. The number of hydrogen-bond acceptors (Lipinski definition) is 5. The first-order valence-corrected chi connectivity index (χ1v) is 10.4. The van der Waals surface area contributed by atoms with E-state index in [1.54, 1.807) is 51.1 Å². The molecule has 0 aromatic heterocycles. The second-order valence-electron chi connectivity index (χ2n) is 7.90. The molecule has 0 radical (unpaired) electrons. The van der Waals surface area contributed by atoms with Crippen molar-refractivity contribution in [2.45, 2.75) is 39.0 Å². The molecule has 2 unspecified atom stereocenters. The number of rotatable bonds is 5. The summed E-state index contributed by atoms with van der Waals surface area (Å²) < 4.78 is 52.3. The molecule has 0 fully saturated rings. The first kappa shape index (κ1) is 24.2. The topological polar surface area (TPSA) is 65.0 Å². The van der Waals surface area contributed by atoms with Gasteiger partial charge in [-0.2, -0.15) is 13.2 Å². The second kappa shape index (κ2) is 9.60. The molecular weight excluding hydrogens is 435 g/mol. The number of halogens is 3. The molecule has 3 rings (SSSR count). The van der Waals surface area contributed by atoms with Crippen LogP contribution in [0.4, 0.5) is 13.2 Å². The van der Waals surface area contributed by atoms with Gasteiger partial charge in [0.2, 0.25) is 0 Å². The number of carbonyl (C=O) groups is 2. The Hall–Kier alpha value is -3.42. The molecule has 0 N–H and O–H groups in total. The number of esters is 2. The van der Waals surface area contributed by atoms with Crippen LogP contribution >= 0.6 is 0 Å². The van der Waals surface area contributed by atoms with Gasteiger partial charge < -0.3 is 9.47 Å². The molecule has 0 aliphatic carbocycles. The average Bonchev–Trinajstić information content (AvgIpc) is 2.77. The van der Waals surface area contributed by atoms with Crippen LogP contribution in [0.1, 0.15) is 43.4 Å². The van der Waals surface area contributed by atoms with E-state index in [0.717, 1.165) is 13.2 Å². The molecule has 174 valence electrons. The molecular formula is C25H24F3NO4. The molecule has 8 heteroatoms. The minimum atomic E-state index is -4.71. The van der Waals surface area contributed by atoms with Crippen molar-refractivity contribution in [3.8, 4) is 0 Å². The van der Waals surface area contributed by atoms with Crippen LogP contribution in [-0.4, -0.2) is 30.9 Å². The fraction of sp³-hybridized carbons (Fsp3) is 0.320. The lowest BCUT2D eigenvalue weighted by atomic mass is 9.73. The Morgan fingerprint density at radius 3 is 2.18 bits per heavy atom. The molecule has 1 heterocycles. The maximum Gasteiger partial charge on any atom is 0.416 e. The third kappa shape index (κ3) is 4.99. The van der Waals surface area contributed by atoms with Crippen molar-refractivity contribution in [3.63, 3.8) is 0 Å². The molecule has 0 saturated carbocycles. The molecule has 0 amide bonds. The van der Waals surface area contributed by atoms with E-state index in [9.17, 15) is 22.8 Å². The number of ether oxygens (including phenoxy) is 2. The molecule has 2 atom stereocenters. The molecule has 0 bridgehead atoms. The van der Waals surface area contributed by atoms with Gasteiger partial charge in [0, 0.05) is 17.2 Å². The summed E-state index contributed by atoms with van der Waals surface area (Å²) >= 11 is 0. The molecule has 33 heavy (non-hydrogen) atoms. The highest BCUT2D eigenvalue weighted by molar-refractivity contribution is 6.12. The third-order valence-corrected chi connectivity index (χ3v) is 5.30. The van der Waals surface area contributed by atoms with Crippen LogP contribution < -0.4 is 0 Å². The van der Waals surface area contributed by atoms with Gasteiger partial charge in [0.1, 0.15) is 5.92 Å². The fourth-order valence-corrected chi connectivity index (χ4v) is 3.98. The zero-order valence-electron chi connectivity index (χ0n) is 18.6. The standard InChI is InChI=1S/C25H24F3NO4/c1-14(2)33-24(31)19-15(3)29-22(16-10-6-5-7-11-16)21(23(30)32-4)20(19)17-12-8-9-13-18(17)25(26,27)28/h5-14,19-20H,1-4H3. The van der Waals surface area contributed by atoms with Gasteiger partial charge in [0.15, 0.2) is 0 Å². The zero-order chi connectivity index (χ0) is 24.3. The lowest BCUT2D eigenvalue weighted by molar-refractivity contribution is -0.151. The van der Waals surface area contributed by atoms with E-state index in [1.165, 1.54) is 18.2 Å². The molecule has 5 nitrogen and oxygen atoms in total. The van der Waals surface area contributed by atoms with E-state index < -0.39 is 41.6 Å². The first-order valence-electron chi connectivity index (χ1n) is 10.4. The first-order chi connectivity index (χ1) is 15.6. The molecule has 0 saturated heterocycles. The minimum Gasteiger partial charge on any atom is -0.466 e. The van der Waals surface area contributed by atoms with E-state index in [4.69, 9.17) is 9.47 Å². The maximum absolute atomic E-state index is 14.0. The van der Waals surface area contributed by atoms with Gasteiger partial charge in [-0.25, -0.2) is 4.79 Å². The number of benzene rings is 2. The SMILES string of the molecule is COC(=O)C1=C(c2ccccc2)N=C(C)C(C(=O)OC(C)C)C1c1ccccc1C(F)(F)F. The van der Waals surface area contributed by atoms with Crippen LogP contribution in [0.2, 0.25) is 0 Å². The Bertz CT molecular complexity index is 1100. The van der Waals surface area contributed by atoms with E-state index in [0.29, 0.717) is 5.56 Å². The van der Waals surface area contributed by atoms with Gasteiger partial charge >= 0.3 is 18.1 Å². The van der Waals surface area contributed by atoms with E-state index in [1.807, 2.05) is 0 Å². The van der Waals surface area contributed by atoms with Crippen LogP contribution in [0.15, 0.2) is 65.2 Å². The fourth-order valence-electron chi connectivity index (χ4n) is 3.98. The summed E-state index contributed by atoms with van der Waals surface area (Å²) in [6.45, 7) is 4.82. The Kier molecular flexibility index (Phi) is 7.05. The van der Waals surface area contributed by atoms with Crippen LogP contribution in [0.3, 0.4) is 0 Å². The molecule has 0 spiro atoms. The van der Waals surface area contributed by atoms with Gasteiger partial charge in [-0.15, -0.1) is 0 Å². The number of nitrogens with zero attached hydrogens (tertiary/aromatic N) is 1.